The highest BCUT2D eigenvalue weighted by atomic mass is 32.2. The predicted octanol–water partition coefficient (Wildman–Crippen LogP) is 5.68. The maximum atomic E-state index is 13.2. The maximum Gasteiger partial charge on any atom is 0.416 e. The molecule has 0 radical (unpaired) electrons. The number of sulfonamides is 1. The highest BCUT2D eigenvalue weighted by molar-refractivity contribution is 7.89. The zero-order valence-electron chi connectivity index (χ0n) is 20.3. The lowest BCUT2D eigenvalue weighted by atomic mass is 9.98. The van der Waals surface area contributed by atoms with Crippen LogP contribution in [0.5, 0.6) is 0 Å². The normalized spacial score (nSPS) is 19.3. The van der Waals surface area contributed by atoms with Crippen LogP contribution in [0, 0.1) is 11.7 Å². The molecule has 0 aliphatic heterocycles. The average Bonchev–Trinajstić information content (AvgIpc) is 3.21. The lowest BCUT2D eigenvalue weighted by molar-refractivity contribution is -0.138. The summed E-state index contributed by atoms with van der Waals surface area (Å²) >= 11 is 0. The number of allylic oxidation sites excluding steroid dienone is 2. The summed E-state index contributed by atoms with van der Waals surface area (Å²) in [4.78, 5) is 16.0. The van der Waals surface area contributed by atoms with Gasteiger partial charge >= 0.3 is 12.1 Å². The summed E-state index contributed by atoms with van der Waals surface area (Å²) < 4.78 is 79.9. The number of rotatable bonds is 12. The molecule has 0 spiro atoms. The monoisotopic (exact) mass is 556 g/mol. The number of unbranched alkanes of at least 4 members (excludes halogenated alkanes) is 1. The van der Waals surface area contributed by atoms with Crippen LogP contribution in [-0.2, 0) is 32.4 Å². The van der Waals surface area contributed by atoms with Gasteiger partial charge in [0.1, 0.15) is 12.4 Å². The van der Waals surface area contributed by atoms with Gasteiger partial charge in [0.2, 0.25) is 10.0 Å². The first-order chi connectivity index (χ1) is 18.0. The van der Waals surface area contributed by atoms with E-state index in [-0.39, 0.29) is 23.8 Å². The second kappa shape index (κ2) is 13.0. The summed E-state index contributed by atoms with van der Waals surface area (Å²) in [6.45, 7) is -0.0641. The molecule has 1 fully saturated rings. The van der Waals surface area contributed by atoms with Crippen LogP contribution in [0.25, 0.3) is 0 Å². The van der Waals surface area contributed by atoms with Gasteiger partial charge in [0.25, 0.3) is 0 Å². The summed E-state index contributed by atoms with van der Waals surface area (Å²) in [5, 5.41) is 12.9. The lowest BCUT2D eigenvalue weighted by Gasteiger charge is -2.20. The van der Waals surface area contributed by atoms with Crippen LogP contribution in [0.2, 0.25) is 0 Å². The molecular weight excluding hydrogens is 528 g/mol. The highest BCUT2D eigenvalue weighted by Crippen LogP contribution is 2.30. The van der Waals surface area contributed by atoms with E-state index in [4.69, 9.17) is 9.94 Å². The number of carboxylic acid groups (broad SMARTS) is 1. The van der Waals surface area contributed by atoms with Gasteiger partial charge in [-0.2, -0.15) is 13.2 Å². The fourth-order valence-corrected chi connectivity index (χ4v) is 5.38. The van der Waals surface area contributed by atoms with Crippen LogP contribution in [0.1, 0.15) is 49.7 Å². The molecule has 1 saturated carbocycles. The van der Waals surface area contributed by atoms with Crippen molar-refractivity contribution in [1.82, 2.24) is 4.72 Å². The van der Waals surface area contributed by atoms with Crippen LogP contribution in [-0.4, -0.2) is 31.2 Å². The summed E-state index contributed by atoms with van der Waals surface area (Å²) in [6, 6.07) is 8.45. The zero-order chi connectivity index (χ0) is 27.8. The molecule has 0 heterocycles. The van der Waals surface area contributed by atoms with E-state index in [0.717, 1.165) is 24.3 Å². The molecule has 0 unspecified atom stereocenters. The van der Waals surface area contributed by atoms with Gasteiger partial charge in [0, 0.05) is 18.4 Å². The van der Waals surface area contributed by atoms with E-state index < -0.39 is 39.6 Å². The van der Waals surface area contributed by atoms with E-state index >= 15 is 0 Å². The second-order valence-electron chi connectivity index (χ2n) is 8.87. The van der Waals surface area contributed by atoms with E-state index in [2.05, 4.69) is 9.88 Å². The number of hydrogen-bond donors (Lipinski definition) is 2. The zero-order valence-corrected chi connectivity index (χ0v) is 21.1. The van der Waals surface area contributed by atoms with Crippen LogP contribution in [0.15, 0.2) is 70.7 Å². The first kappa shape index (κ1) is 29.3. The van der Waals surface area contributed by atoms with Crippen molar-refractivity contribution < 1.29 is 40.7 Å². The fourth-order valence-electron chi connectivity index (χ4n) is 4.07. The Labute approximate surface area is 218 Å². The first-order valence-corrected chi connectivity index (χ1v) is 13.4. The van der Waals surface area contributed by atoms with E-state index in [1.165, 1.54) is 24.3 Å². The van der Waals surface area contributed by atoms with Gasteiger partial charge in [-0.3, -0.25) is 4.79 Å². The smallest absolute Gasteiger partial charge is 0.416 e. The minimum Gasteiger partial charge on any atom is -0.481 e. The second-order valence-corrected chi connectivity index (χ2v) is 10.6. The summed E-state index contributed by atoms with van der Waals surface area (Å²) in [7, 11) is -3.94. The number of nitrogens with zero attached hydrogens (tertiary/aromatic N) is 1. The van der Waals surface area contributed by atoms with Gasteiger partial charge in [0.15, 0.2) is 0 Å². The van der Waals surface area contributed by atoms with Crippen molar-refractivity contribution in [2.75, 3.05) is 0 Å². The minimum atomic E-state index is -4.44. The summed E-state index contributed by atoms with van der Waals surface area (Å²) in [5.41, 5.74) is 0.317. The number of halogens is 4. The van der Waals surface area contributed by atoms with Gasteiger partial charge < -0.3 is 9.94 Å². The number of nitrogens with one attached hydrogen (secondary N) is 1. The van der Waals surface area contributed by atoms with Gasteiger partial charge in [0.05, 0.1) is 16.2 Å². The Bertz CT molecular complexity index is 1240. The highest BCUT2D eigenvalue weighted by Gasteiger charge is 2.36. The first-order valence-electron chi connectivity index (χ1n) is 12.0. The molecule has 206 valence electrons. The van der Waals surface area contributed by atoms with Crippen LogP contribution in [0.4, 0.5) is 17.6 Å². The topological polar surface area (TPSA) is 105 Å². The Kier molecular flexibility index (Phi) is 10.0. The quantitative estimate of drug-likeness (QED) is 0.152. The molecule has 0 bridgehead atoms. The van der Waals surface area contributed by atoms with Gasteiger partial charge in [-0.1, -0.05) is 29.4 Å². The molecule has 12 heteroatoms. The molecule has 3 rings (SSSR count). The third-order valence-electron chi connectivity index (χ3n) is 6.07. The average molecular weight is 557 g/mol. The molecule has 2 N–H and O–H groups in total. The third kappa shape index (κ3) is 8.66. The van der Waals surface area contributed by atoms with E-state index in [1.54, 1.807) is 0 Å². The summed E-state index contributed by atoms with van der Waals surface area (Å²) in [6.07, 6.45) is 1.55. The fraction of sp³-hybridized carbons (Fsp3) is 0.385. The number of carbonyl (C=O) groups is 1. The summed E-state index contributed by atoms with van der Waals surface area (Å²) in [5.74, 6) is -1.81. The number of alkyl halides is 3. The largest absolute Gasteiger partial charge is 0.481 e. The van der Waals surface area contributed by atoms with Crippen molar-refractivity contribution in [3.05, 3.63) is 77.6 Å². The van der Waals surface area contributed by atoms with Crippen LogP contribution >= 0.6 is 0 Å². The Morgan fingerprint density at radius 1 is 1.11 bits per heavy atom. The van der Waals surface area contributed by atoms with Crippen LogP contribution < -0.4 is 4.72 Å². The maximum absolute atomic E-state index is 13.2. The molecule has 1 aliphatic carbocycles. The molecule has 0 amide bonds. The van der Waals surface area contributed by atoms with Crippen molar-refractivity contribution in [1.29, 1.82) is 0 Å². The molecule has 2 aromatic carbocycles. The molecule has 38 heavy (non-hydrogen) atoms. The van der Waals surface area contributed by atoms with Crippen molar-refractivity contribution >= 4 is 21.7 Å². The number of benzene rings is 2. The van der Waals surface area contributed by atoms with E-state index in [0.29, 0.717) is 43.4 Å². The van der Waals surface area contributed by atoms with Crippen molar-refractivity contribution in [2.45, 2.75) is 62.2 Å². The third-order valence-corrected chi connectivity index (χ3v) is 7.57. The Morgan fingerprint density at radius 3 is 2.42 bits per heavy atom. The molecule has 2 atom stereocenters. The molecule has 2 aromatic rings. The van der Waals surface area contributed by atoms with Crippen molar-refractivity contribution in [3.63, 3.8) is 0 Å². The number of aliphatic carboxylic acids is 1. The SMILES string of the molecule is O=C(O)CCC/C=C\C[C@H]1/C(=N/OCc2ccc(C(F)(F)F)cc2)CC[C@@H]1NS(=O)(=O)c1ccc(F)cc1. The predicted molar refractivity (Wildman–Crippen MR) is 132 cm³/mol. The molecule has 7 nitrogen and oxygen atoms in total. The van der Waals surface area contributed by atoms with Gasteiger partial charge in [-0.25, -0.2) is 17.5 Å². The number of hydrogen-bond acceptors (Lipinski definition) is 5. The molecule has 0 saturated heterocycles. The Hall–Kier alpha value is -3.25. The number of oxime groups is 1. The molecular formula is C26H28F4N2O5S. The lowest BCUT2D eigenvalue weighted by Crippen LogP contribution is -2.38. The molecule has 1 aliphatic rings. The van der Waals surface area contributed by atoms with Crippen molar-refractivity contribution in [2.24, 2.45) is 11.1 Å². The van der Waals surface area contributed by atoms with Crippen LogP contribution in [0.3, 0.4) is 0 Å². The number of carboxylic acids is 1. The standard InChI is InChI=1S/C26H28F4N2O5S/c27-20-11-13-21(14-12-20)38(35,36)32-24-16-15-23(22(24)5-3-1-2-4-6-25(33)34)31-37-17-18-7-9-19(10-8-18)26(28,29)30/h1,3,7-14,22,24,32H,2,4-6,15-17H2,(H,33,34)/b3-1-,31-23+/t22-,24-/m0/s1. The van der Waals surface area contributed by atoms with Crippen molar-refractivity contribution in [3.8, 4) is 0 Å². The molecule has 0 aromatic heterocycles. The Morgan fingerprint density at radius 2 is 1.79 bits per heavy atom. The van der Waals surface area contributed by atoms with E-state index in [9.17, 15) is 30.8 Å². The Balaban J connectivity index is 1.69. The van der Waals surface area contributed by atoms with E-state index in [1.807, 2.05) is 12.2 Å². The van der Waals surface area contributed by atoms with Gasteiger partial charge in [-0.15, -0.1) is 0 Å². The van der Waals surface area contributed by atoms with Gasteiger partial charge in [-0.05, 0) is 74.1 Å². The minimum absolute atomic E-state index is 0.0400.